The molecule has 14 heavy (non-hydrogen) atoms. The van der Waals surface area contributed by atoms with Crippen molar-refractivity contribution in [3.05, 3.63) is 21.7 Å². The number of hydrogen-bond donors (Lipinski definition) is 1. The van der Waals surface area contributed by atoms with Gasteiger partial charge >= 0.3 is 0 Å². The smallest absolute Gasteiger partial charge is 0.107 e. The quantitative estimate of drug-likeness (QED) is 0.810. The molecule has 0 aromatic carbocycles. The molecule has 0 radical (unpaired) electrons. The first-order valence-corrected chi connectivity index (χ1v) is 6.43. The molecule has 0 aliphatic carbocycles. The van der Waals surface area contributed by atoms with Gasteiger partial charge in [0.2, 0.25) is 0 Å². The van der Waals surface area contributed by atoms with Crippen LogP contribution in [0.5, 0.6) is 0 Å². The van der Waals surface area contributed by atoms with Crippen molar-refractivity contribution in [2.75, 3.05) is 6.61 Å². The lowest BCUT2D eigenvalue weighted by molar-refractivity contribution is 0.108. The summed E-state index contributed by atoms with van der Waals surface area (Å²) in [5.41, 5.74) is 5.99. The van der Waals surface area contributed by atoms with E-state index in [0.29, 0.717) is 0 Å². The van der Waals surface area contributed by atoms with E-state index in [4.69, 9.17) is 10.5 Å². The number of hydrogen-bond acceptors (Lipinski definition) is 4. The molecular weight excluding hydrogens is 214 g/mol. The molecule has 4 heteroatoms. The van der Waals surface area contributed by atoms with Gasteiger partial charge in [0.1, 0.15) is 6.10 Å². The fraction of sp³-hybridized carbons (Fsp3) is 0.400. The van der Waals surface area contributed by atoms with Crippen molar-refractivity contribution in [3.63, 3.8) is 0 Å². The summed E-state index contributed by atoms with van der Waals surface area (Å²) < 4.78 is 6.99. The third-order valence-electron chi connectivity index (χ3n) is 2.60. The topological polar surface area (TPSA) is 35.2 Å². The lowest BCUT2D eigenvalue weighted by Gasteiger charge is -2.11. The van der Waals surface area contributed by atoms with Gasteiger partial charge in [-0.15, -0.1) is 11.3 Å². The number of nitrogens with two attached hydrogens (primary N) is 1. The monoisotopic (exact) mass is 225 g/mol. The van der Waals surface area contributed by atoms with Gasteiger partial charge in [-0.25, -0.2) is 0 Å². The SMILES string of the molecule is NC1CCOC1c1cc2cscc2s1. The van der Waals surface area contributed by atoms with Crippen molar-refractivity contribution in [1.82, 2.24) is 0 Å². The largest absolute Gasteiger partial charge is 0.371 e. The van der Waals surface area contributed by atoms with Crippen LogP contribution in [0.2, 0.25) is 0 Å². The van der Waals surface area contributed by atoms with Crippen molar-refractivity contribution in [2.45, 2.75) is 18.6 Å². The van der Waals surface area contributed by atoms with Crippen molar-refractivity contribution >= 4 is 32.8 Å². The van der Waals surface area contributed by atoms with E-state index in [1.165, 1.54) is 15.0 Å². The second kappa shape index (κ2) is 3.31. The summed E-state index contributed by atoms with van der Waals surface area (Å²) in [4.78, 5) is 1.28. The van der Waals surface area contributed by atoms with Crippen molar-refractivity contribution in [1.29, 1.82) is 0 Å². The molecule has 2 unspecified atom stereocenters. The van der Waals surface area contributed by atoms with Crippen LogP contribution in [0.4, 0.5) is 0 Å². The van der Waals surface area contributed by atoms with Gasteiger partial charge in [0.15, 0.2) is 0 Å². The van der Waals surface area contributed by atoms with Crippen LogP contribution in [0, 0.1) is 0 Å². The van der Waals surface area contributed by atoms with E-state index in [-0.39, 0.29) is 12.1 Å². The summed E-state index contributed by atoms with van der Waals surface area (Å²) in [6, 6.07) is 2.40. The van der Waals surface area contributed by atoms with Crippen LogP contribution in [0.25, 0.3) is 10.1 Å². The summed E-state index contributed by atoms with van der Waals surface area (Å²) in [6.07, 6.45) is 1.12. The molecular formula is C10H11NOS2. The minimum Gasteiger partial charge on any atom is -0.371 e. The molecule has 0 amide bonds. The molecule has 74 valence electrons. The number of rotatable bonds is 1. The molecule has 2 aromatic rings. The number of fused-ring (bicyclic) bond motifs is 1. The first-order chi connectivity index (χ1) is 6.84. The number of thiophene rings is 2. The van der Waals surface area contributed by atoms with E-state index < -0.39 is 0 Å². The minimum absolute atomic E-state index is 0.136. The van der Waals surface area contributed by atoms with Gasteiger partial charge in [0, 0.05) is 33.0 Å². The maximum absolute atomic E-state index is 5.99. The molecule has 2 nitrogen and oxygen atoms in total. The molecule has 2 N–H and O–H groups in total. The maximum atomic E-state index is 5.99. The molecule has 1 aliphatic rings. The lowest BCUT2D eigenvalue weighted by atomic mass is 10.1. The molecule has 0 spiro atoms. The Labute approximate surface area is 90.3 Å². The molecule has 2 aromatic heterocycles. The van der Waals surface area contributed by atoms with Crippen molar-refractivity contribution in [3.8, 4) is 0 Å². The van der Waals surface area contributed by atoms with Crippen molar-refractivity contribution < 1.29 is 4.74 Å². The van der Waals surface area contributed by atoms with E-state index in [1.54, 1.807) is 11.3 Å². The van der Waals surface area contributed by atoms with Crippen LogP contribution in [0.3, 0.4) is 0 Å². The van der Waals surface area contributed by atoms with Gasteiger partial charge in [-0.3, -0.25) is 0 Å². The molecule has 2 atom stereocenters. The van der Waals surface area contributed by atoms with E-state index in [0.717, 1.165) is 13.0 Å². The fourth-order valence-corrected chi connectivity index (χ4v) is 3.97. The summed E-state index contributed by atoms with van der Waals surface area (Å²) in [7, 11) is 0. The van der Waals surface area contributed by atoms with Gasteiger partial charge < -0.3 is 10.5 Å². The van der Waals surface area contributed by atoms with Crippen LogP contribution in [-0.4, -0.2) is 12.6 Å². The number of ether oxygens (including phenoxy) is 1. The Balaban J connectivity index is 2.01. The van der Waals surface area contributed by atoms with Crippen LogP contribution in [-0.2, 0) is 4.74 Å². The van der Waals surface area contributed by atoms with Crippen LogP contribution in [0.15, 0.2) is 16.8 Å². The highest BCUT2D eigenvalue weighted by Crippen LogP contribution is 2.37. The lowest BCUT2D eigenvalue weighted by Crippen LogP contribution is -2.22. The third kappa shape index (κ3) is 1.30. The Hall–Kier alpha value is -0.420. The average Bonchev–Trinajstić information content (AvgIpc) is 2.75. The van der Waals surface area contributed by atoms with Crippen LogP contribution >= 0.6 is 22.7 Å². The zero-order chi connectivity index (χ0) is 9.54. The highest BCUT2D eigenvalue weighted by atomic mass is 32.1. The second-order valence-corrected chi connectivity index (χ2v) is 5.44. The fourth-order valence-electron chi connectivity index (χ4n) is 1.83. The standard InChI is InChI=1S/C10H11NOS2/c11-7-1-2-12-10(7)8-3-6-4-13-5-9(6)14-8/h3-5,7,10H,1-2,11H2. The maximum Gasteiger partial charge on any atom is 0.107 e. The summed E-state index contributed by atoms with van der Waals surface area (Å²) in [5, 5.41) is 5.69. The van der Waals surface area contributed by atoms with Gasteiger partial charge in [0.05, 0.1) is 0 Å². The zero-order valence-corrected chi connectivity index (χ0v) is 9.24. The predicted molar refractivity (Wildman–Crippen MR) is 61.0 cm³/mol. The third-order valence-corrected chi connectivity index (χ3v) is 4.67. The second-order valence-electron chi connectivity index (χ2n) is 3.58. The zero-order valence-electron chi connectivity index (χ0n) is 7.60. The molecule has 0 saturated carbocycles. The first-order valence-electron chi connectivity index (χ1n) is 4.67. The Kier molecular flexibility index (Phi) is 2.09. The van der Waals surface area contributed by atoms with E-state index in [2.05, 4.69) is 16.8 Å². The average molecular weight is 225 g/mol. The van der Waals surface area contributed by atoms with Gasteiger partial charge in [-0.1, -0.05) is 0 Å². The minimum atomic E-state index is 0.136. The Morgan fingerprint density at radius 2 is 2.36 bits per heavy atom. The van der Waals surface area contributed by atoms with E-state index in [9.17, 15) is 0 Å². The molecule has 3 heterocycles. The normalized spacial score (nSPS) is 27.5. The molecule has 1 saturated heterocycles. The molecule has 1 fully saturated rings. The molecule has 3 rings (SSSR count). The van der Waals surface area contributed by atoms with Crippen molar-refractivity contribution in [2.24, 2.45) is 5.73 Å². The Bertz CT molecular complexity index is 419. The molecule has 1 aliphatic heterocycles. The van der Waals surface area contributed by atoms with Crippen LogP contribution in [0.1, 0.15) is 17.4 Å². The Morgan fingerprint density at radius 3 is 3.07 bits per heavy atom. The van der Waals surface area contributed by atoms with E-state index in [1.807, 2.05) is 11.3 Å². The summed E-state index contributed by atoms with van der Waals surface area (Å²) >= 11 is 3.56. The summed E-state index contributed by atoms with van der Waals surface area (Å²) in [6.45, 7) is 0.802. The predicted octanol–water partition coefficient (Wildman–Crippen LogP) is 2.75. The molecule has 0 bridgehead atoms. The van der Waals surface area contributed by atoms with Gasteiger partial charge in [-0.2, -0.15) is 11.3 Å². The van der Waals surface area contributed by atoms with Gasteiger partial charge in [0.25, 0.3) is 0 Å². The van der Waals surface area contributed by atoms with Crippen LogP contribution < -0.4 is 5.73 Å². The van der Waals surface area contributed by atoms with E-state index >= 15 is 0 Å². The Morgan fingerprint density at radius 1 is 1.43 bits per heavy atom. The highest BCUT2D eigenvalue weighted by Gasteiger charge is 2.27. The first kappa shape index (κ1) is 8.85. The summed E-state index contributed by atoms with van der Waals surface area (Å²) in [5.74, 6) is 0. The van der Waals surface area contributed by atoms with Gasteiger partial charge in [-0.05, 0) is 17.9 Å². The highest BCUT2D eigenvalue weighted by molar-refractivity contribution is 7.22.